The van der Waals surface area contributed by atoms with Crippen molar-refractivity contribution in [2.75, 3.05) is 13.2 Å². The van der Waals surface area contributed by atoms with Crippen molar-refractivity contribution in [2.24, 2.45) is 0 Å². The van der Waals surface area contributed by atoms with Gasteiger partial charge in [0.2, 0.25) is 11.8 Å². The fourth-order valence-corrected chi connectivity index (χ4v) is 2.14. The first-order chi connectivity index (χ1) is 8.79. The van der Waals surface area contributed by atoms with Crippen LogP contribution in [0.4, 0.5) is 0 Å². The van der Waals surface area contributed by atoms with Crippen molar-refractivity contribution in [1.82, 2.24) is 15.5 Å². The molecule has 1 N–H and O–H groups in total. The van der Waals surface area contributed by atoms with E-state index in [0.29, 0.717) is 11.8 Å². The molecular weight excluding hydrogens is 230 g/mol. The van der Waals surface area contributed by atoms with Gasteiger partial charge in [0.15, 0.2) is 0 Å². The van der Waals surface area contributed by atoms with E-state index < -0.39 is 0 Å². The topological polar surface area (TPSA) is 60.2 Å². The molecule has 0 aromatic carbocycles. The summed E-state index contributed by atoms with van der Waals surface area (Å²) < 4.78 is 11.4. The third kappa shape index (κ3) is 3.78. The maximum atomic E-state index is 5.68. The van der Waals surface area contributed by atoms with Gasteiger partial charge in [-0.3, -0.25) is 0 Å². The number of ether oxygens (including phenoxy) is 1. The van der Waals surface area contributed by atoms with Crippen LogP contribution in [0.25, 0.3) is 0 Å². The van der Waals surface area contributed by atoms with Gasteiger partial charge in [0.05, 0.1) is 18.6 Å². The Balaban J connectivity index is 1.84. The van der Waals surface area contributed by atoms with Gasteiger partial charge in [-0.25, -0.2) is 0 Å². The van der Waals surface area contributed by atoms with Crippen molar-refractivity contribution in [3.05, 3.63) is 11.8 Å². The van der Waals surface area contributed by atoms with E-state index in [9.17, 15) is 0 Å². The number of hydrogen-bond acceptors (Lipinski definition) is 5. The minimum absolute atomic E-state index is 0.124. The number of rotatable bonds is 6. The van der Waals surface area contributed by atoms with Crippen molar-refractivity contribution < 1.29 is 9.15 Å². The highest BCUT2D eigenvalue weighted by atomic mass is 16.5. The minimum Gasteiger partial charge on any atom is -0.423 e. The molecule has 5 heteroatoms. The predicted octanol–water partition coefficient (Wildman–Crippen LogP) is 2.24. The van der Waals surface area contributed by atoms with Crippen LogP contribution < -0.4 is 5.32 Å². The quantitative estimate of drug-likeness (QED) is 0.842. The average molecular weight is 253 g/mol. The monoisotopic (exact) mass is 253 g/mol. The molecule has 2 unspecified atom stereocenters. The van der Waals surface area contributed by atoms with Crippen LogP contribution in [0.3, 0.4) is 0 Å². The Kier molecular flexibility index (Phi) is 5.13. The van der Waals surface area contributed by atoms with Crippen molar-refractivity contribution in [1.29, 1.82) is 0 Å². The maximum Gasteiger partial charge on any atom is 0.233 e. The number of nitrogens with one attached hydrogen (secondary N) is 1. The summed E-state index contributed by atoms with van der Waals surface area (Å²) in [5.41, 5.74) is 0. The highest BCUT2D eigenvalue weighted by Gasteiger charge is 2.19. The maximum absolute atomic E-state index is 5.68. The molecule has 1 aliphatic heterocycles. The molecule has 2 heterocycles. The fourth-order valence-electron chi connectivity index (χ4n) is 2.14. The molecule has 1 saturated heterocycles. The average Bonchev–Trinajstić information content (AvgIpc) is 2.86. The van der Waals surface area contributed by atoms with Gasteiger partial charge in [-0.2, -0.15) is 0 Å². The zero-order valence-corrected chi connectivity index (χ0v) is 11.3. The van der Waals surface area contributed by atoms with Crippen molar-refractivity contribution in [3.8, 4) is 0 Å². The van der Waals surface area contributed by atoms with E-state index in [2.05, 4.69) is 22.4 Å². The highest BCUT2D eigenvalue weighted by Crippen LogP contribution is 2.18. The molecule has 0 aliphatic carbocycles. The van der Waals surface area contributed by atoms with E-state index in [1.54, 1.807) is 0 Å². The first kappa shape index (κ1) is 13.5. The lowest BCUT2D eigenvalue weighted by molar-refractivity contribution is 0.0130. The van der Waals surface area contributed by atoms with Crippen molar-refractivity contribution >= 4 is 0 Å². The van der Waals surface area contributed by atoms with Crippen LogP contribution in [0.15, 0.2) is 4.42 Å². The lowest BCUT2D eigenvalue weighted by Crippen LogP contribution is -2.21. The van der Waals surface area contributed by atoms with Gasteiger partial charge in [0.1, 0.15) is 0 Å². The van der Waals surface area contributed by atoms with Crippen LogP contribution in [-0.4, -0.2) is 29.5 Å². The second-order valence-corrected chi connectivity index (χ2v) is 4.90. The number of hydrogen-bond donors (Lipinski definition) is 1. The summed E-state index contributed by atoms with van der Waals surface area (Å²) in [5, 5.41) is 11.5. The number of aromatic nitrogens is 2. The van der Waals surface area contributed by atoms with E-state index in [1.807, 2.05) is 6.92 Å². The summed E-state index contributed by atoms with van der Waals surface area (Å²) in [7, 11) is 0. The Morgan fingerprint density at radius 2 is 2.28 bits per heavy atom. The van der Waals surface area contributed by atoms with Gasteiger partial charge in [-0.05, 0) is 39.2 Å². The van der Waals surface area contributed by atoms with Gasteiger partial charge in [0, 0.05) is 6.61 Å². The Labute approximate surface area is 108 Å². The van der Waals surface area contributed by atoms with E-state index >= 15 is 0 Å². The largest absolute Gasteiger partial charge is 0.423 e. The SMILES string of the molecule is CCCNC(C)c1nnc(CC2CCCCO2)o1. The zero-order valence-electron chi connectivity index (χ0n) is 11.3. The predicted molar refractivity (Wildman–Crippen MR) is 68.3 cm³/mol. The first-order valence-electron chi connectivity index (χ1n) is 6.97. The Morgan fingerprint density at radius 3 is 3.00 bits per heavy atom. The van der Waals surface area contributed by atoms with Gasteiger partial charge in [-0.15, -0.1) is 10.2 Å². The second-order valence-electron chi connectivity index (χ2n) is 4.90. The molecular formula is C13H23N3O2. The Hall–Kier alpha value is -0.940. The summed E-state index contributed by atoms with van der Waals surface area (Å²) in [4.78, 5) is 0. The lowest BCUT2D eigenvalue weighted by Gasteiger charge is -2.20. The first-order valence-corrected chi connectivity index (χ1v) is 6.97. The summed E-state index contributed by atoms with van der Waals surface area (Å²) in [6.07, 6.45) is 5.60. The fraction of sp³-hybridized carbons (Fsp3) is 0.846. The summed E-state index contributed by atoms with van der Waals surface area (Å²) in [6, 6.07) is 0.124. The Morgan fingerprint density at radius 1 is 1.39 bits per heavy atom. The molecule has 0 bridgehead atoms. The smallest absolute Gasteiger partial charge is 0.233 e. The molecule has 0 saturated carbocycles. The van der Waals surface area contributed by atoms with Gasteiger partial charge >= 0.3 is 0 Å². The molecule has 0 amide bonds. The van der Waals surface area contributed by atoms with E-state index in [0.717, 1.165) is 32.4 Å². The zero-order chi connectivity index (χ0) is 12.8. The standard InChI is InChI=1S/C13H23N3O2/c1-3-7-14-10(2)13-16-15-12(18-13)9-11-6-4-5-8-17-11/h10-11,14H,3-9H2,1-2H3. The van der Waals surface area contributed by atoms with Crippen LogP contribution >= 0.6 is 0 Å². The summed E-state index contributed by atoms with van der Waals surface area (Å²) in [6.45, 7) is 6.01. The molecule has 1 fully saturated rings. The summed E-state index contributed by atoms with van der Waals surface area (Å²) in [5.74, 6) is 1.37. The van der Waals surface area contributed by atoms with Crippen molar-refractivity contribution in [3.63, 3.8) is 0 Å². The molecule has 0 radical (unpaired) electrons. The third-order valence-corrected chi connectivity index (χ3v) is 3.23. The van der Waals surface area contributed by atoms with Crippen LogP contribution in [0.1, 0.15) is 57.4 Å². The van der Waals surface area contributed by atoms with Gasteiger partial charge in [0.25, 0.3) is 0 Å². The molecule has 5 nitrogen and oxygen atoms in total. The van der Waals surface area contributed by atoms with E-state index in [4.69, 9.17) is 9.15 Å². The van der Waals surface area contributed by atoms with Gasteiger partial charge < -0.3 is 14.5 Å². The molecule has 1 aromatic heterocycles. The number of nitrogens with zero attached hydrogens (tertiary/aromatic N) is 2. The van der Waals surface area contributed by atoms with Crippen LogP contribution in [0.2, 0.25) is 0 Å². The molecule has 0 spiro atoms. The molecule has 1 aromatic rings. The minimum atomic E-state index is 0.124. The van der Waals surface area contributed by atoms with Crippen molar-refractivity contribution in [2.45, 2.75) is 58.1 Å². The normalized spacial score (nSPS) is 22.0. The van der Waals surface area contributed by atoms with Crippen LogP contribution in [0.5, 0.6) is 0 Å². The lowest BCUT2D eigenvalue weighted by atomic mass is 10.1. The third-order valence-electron chi connectivity index (χ3n) is 3.23. The summed E-state index contributed by atoms with van der Waals surface area (Å²) >= 11 is 0. The highest BCUT2D eigenvalue weighted by molar-refractivity contribution is 4.90. The van der Waals surface area contributed by atoms with Crippen LogP contribution in [0, 0.1) is 0 Å². The molecule has 102 valence electrons. The van der Waals surface area contributed by atoms with Crippen LogP contribution in [-0.2, 0) is 11.2 Å². The molecule has 2 atom stereocenters. The van der Waals surface area contributed by atoms with E-state index in [-0.39, 0.29) is 12.1 Å². The molecule has 2 rings (SSSR count). The van der Waals surface area contributed by atoms with E-state index in [1.165, 1.54) is 12.8 Å². The second kappa shape index (κ2) is 6.85. The molecule has 1 aliphatic rings. The molecule has 18 heavy (non-hydrogen) atoms. The Bertz CT molecular complexity index is 348. The van der Waals surface area contributed by atoms with Gasteiger partial charge in [-0.1, -0.05) is 6.92 Å².